The Kier molecular flexibility index (Phi) is 4.15. The molecule has 0 unspecified atom stereocenters. The summed E-state index contributed by atoms with van der Waals surface area (Å²) in [5, 5.41) is 28.2. The van der Waals surface area contributed by atoms with Crippen molar-refractivity contribution in [2.45, 2.75) is 37.5 Å². The number of pyridine rings is 1. The molecule has 0 spiro atoms. The fourth-order valence-corrected chi connectivity index (χ4v) is 3.83. The van der Waals surface area contributed by atoms with Gasteiger partial charge >= 0.3 is 5.97 Å². The minimum Gasteiger partial charge on any atom is -0.477 e. The van der Waals surface area contributed by atoms with E-state index in [9.17, 15) is 29.3 Å². The number of aromatic nitrogens is 1. The topological polar surface area (TPSA) is 103 Å². The predicted molar refractivity (Wildman–Crippen MR) is 92.2 cm³/mol. The van der Waals surface area contributed by atoms with Gasteiger partial charge in [0, 0.05) is 18.8 Å². The molecule has 144 valence electrons. The van der Waals surface area contributed by atoms with Crippen molar-refractivity contribution in [1.82, 2.24) is 4.57 Å². The van der Waals surface area contributed by atoms with E-state index >= 15 is 4.39 Å². The molecular formula is C18H18F2N2O5. The first-order valence-corrected chi connectivity index (χ1v) is 8.69. The molecule has 2 atom stereocenters. The highest BCUT2D eigenvalue weighted by Gasteiger charge is 2.36. The van der Waals surface area contributed by atoms with Gasteiger partial charge in [0.05, 0.1) is 29.7 Å². The molecule has 3 N–H and O–H groups in total. The average Bonchev–Trinajstić information content (AvgIpc) is 3.38. The summed E-state index contributed by atoms with van der Waals surface area (Å²) in [7, 11) is 0. The molecule has 1 saturated carbocycles. The average molecular weight is 380 g/mol. The molecule has 2 aliphatic rings. The van der Waals surface area contributed by atoms with E-state index in [1.807, 2.05) is 0 Å². The first-order chi connectivity index (χ1) is 12.8. The highest BCUT2D eigenvalue weighted by molar-refractivity contribution is 5.94. The third-order valence-electron chi connectivity index (χ3n) is 5.24. The molecule has 7 nitrogen and oxygen atoms in total. The van der Waals surface area contributed by atoms with Gasteiger partial charge < -0.3 is 24.8 Å². The Hall–Kier alpha value is -2.52. The first kappa shape index (κ1) is 17.9. The molecular weight excluding hydrogens is 362 g/mol. The number of halogens is 2. The minimum atomic E-state index is -1.45. The Morgan fingerprint density at radius 2 is 2.00 bits per heavy atom. The predicted octanol–water partition coefficient (Wildman–Crippen LogP) is 1.24. The van der Waals surface area contributed by atoms with Crippen molar-refractivity contribution in [3.05, 3.63) is 39.7 Å². The third-order valence-corrected chi connectivity index (χ3v) is 5.24. The molecule has 0 amide bonds. The first-order valence-electron chi connectivity index (χ1n) is 8.69. The number of β-amino-alcohol motifs (C(OH)–C–C–N with tert-alkyl or cyclic N) is 1. The standard InChI is InChI=1S/C18H18F2N2O5/c19-13-4-11-15(14(20)16(13)21-5-10(24)3-9(21)7-23)22(8-1-2-8)6-12(17(11)25)18(26)27/h4,6,8-10,23-24H,1-3,5,7H2,(H,26,27)/t9-,10-/m0/s1. The van der Waals surface area contributed by atoms with Crippen LogP contribution < -0.4 is 10.3 Å². The zero-order valence-corrected chi connectivity index (χ0v) is 14.2. The number of rotatable bonds is 4. The van der Waals surface area contributed by atoms with Crippen molar-refractivity contribution in [3.63, 3.8) is 0 Å². The van der Waals surface area contributed by atoms with E-state index in [2.05, 4.69) is 0 Å². The van der Waals surface area contributed by atoms with Gasteiger partial charge in [0.25, 0.3) is 0 Å². The summed E-state index contributed by atoms with van der Waals surface area (Å²) in [6.45, 7) is -0.438. The largest absolute Gasteiger partial charge is 0.477 e. The lowest BCUT2D eigenvalue weighted by atomic mass is 10.1. The number of hydrogen-bond donors (Lipinski definition) is 3. The number of aliphatic hydroxyl groups is 2. The zero-order chi connectivity index (χ0) is 19.5. The van der Waals surface area contributed by atoms with Crippen molar-refractivity contribution in [2.75, 3.05) is 18.1 Å². The summed E-state index contributed by atoms with van der Waals surface area (Å²) in [6, 6.07) is 0.0400. The molecule has 0 radical (unpaired) electrons. The highest BCUT2D eigenvalue weighted by atomic mass is 19.1. The zero-order valence-electron chi connectivity index (χ0n) is 14.2. The Bertz CT molecular complexity index is 1000. The van der Waals surface area contributed by atoms with Crippen molar-refractivity contribution in [1.29, 1.82) is 0 Å². The summed E-state index contributed by atoms with van der Waals surface area (Å²) in [6.07, 6.45) is 1.84. The summed E-state index contributed by atoms with van der Waals surface area (Å²) >= 11 is 0. The quantitative estimate of drug-likeness (QED) is 0.738. The van der Waals surface area contributed by atoms with Crippen LogP contribution in [0.5, 0.6) is 0 Å². The van der Waals surface area contributed by atoms with Crippen molar-refractivity contribution in [2.24, 2.45) is 0 Å². The van der Waals surface area contributed by atoms with Crippen LogP contribution in [-0.2, 0) is 0 Å². The maximum absolute atomic E-state index is 15.4. The molecule has 2 fully saturated rings. The van der Waals surface area contributed by atoms with Gasteiger partial charge in [-0.05, 0) is 25.3 Å². The fourth-order valence-electron chi connectivity index (χ4n) is 3.83. The number of carboxylic acid groups (broad SMARTS) is 1. The lowest BCUT2D eigenvalue weighted by molar-refractivity contribution is 0.0694. The summed E-state index contributed by atoms with van der Waals surface area (Å²) in [4.78, 5) is 25.1. The normalized spacial score (nSPS) is 22.6. The van der Waals surface area contributed by atoms with Gasteiger partial charge in [-0.25, -0.2) is 13.6 Å². The van der Waals surface area contributed by atoms with Crippen LogP contribution in [0, 0.1) is 11.6 Å². The molecule has 1 aliphatic carbocycles. The van der Waals surface area contributed by atoms with E-state index in [4.69, 9.17) is 0 Å². The molecule has 1 aromatic heterocycles. The molecule has 2 aromatic rings. The van der Waals surface area contributed by atoms with Crippen LogP contribution in [-0.4, -0.2) is 51.2 Å². The van der Waals surface area contributed by atoms with E-state index in [0.717, 1.165) is 12.3 Å². The molecule has 0 bridgehead atoms. The molecule has 4 rings (SSSR count). The fraction of sp³-hybridized carbons (Fsp3) is 0.444. The molecule has 1 saturated heterocycles. The lowest BCUT2D eigenvalue weighted by Gasteiger charge is -2.27. The van der Waals surface area contributed by atoms with Crippen LogP contribution in [0.3, 0.4) is 0 Å². The Morgan fingerprint density at radius 1 is 1.30 bits per heavy atom. The molecule has 2 heterocycles. The Balaban J connectivity index is 2.01. The number of hydrogen-bond acceptors (Lipinski definition) is 5. The van der Waals surface area contributed by atoms with Gasteiger partial charge in [0.1, 0.15) is 17.1 Å². The lowest BCUT2D eigenvalue weighted by Crippen LogP contribution is -2.34. The van der Waals surface area contributed by atoms with Crippen LogP contribution >= 0.6 is 0 Å². The number of fused-ring (bicyclic) bond motifs is 1. The number of nitrogens with zero attached hydrogens (tertiary/aromatic N) is 2. The van der Waals surface area contributed by atoms with Crippen LogP contribution in [0.4, 0.5) is 14.5 Å². The second-order valence-electron chi connectivity index (χ2n) is 7.11. The number of aromatic carboxylic acids is 1. The third kappa shape index (κ3) is 2.78. The highest BCUT2D eigenvalue weighted by Crippen LogP contribution is 2.40. The van der Waals surface area contributed by atoms with Gasteiger partial charge in [-0.15, -0.1) is 0 Å². The van der Waals surface area contributed by atoms with E-state index in [-0.39, 0.29) is 36.5 Å². The molecule has 1 aromatic carbocycles. The smallest absolute Gasteiger partial charge is 0.341 e. The summed E-state index contributed by atoms with van der Waals surface area (Å²) in [5.41, 5.74) is -2.05. The number of aliphatic hydroxyl groups excluding tert-OH is 2. The van der Waals surface area contributed by atoms with Crippen LogP contribution in [0.1, 0.15) is 35.7 Å². The number of benzene rings is 1. The van der Waals surface area contributed by atoms with Crippen molar-refractivity contribution >= 4 is 22.6 Å². The second kappa shape index (κ2) is 6.28. The molecule has 9 heteroatoms. The summed E-state index contributed by atoms with van der Waals surface area (Å²) < 4.78 is 31.6. The monoisotopic (exact) mass is 380 g/mol. The Morgan fingerprint density at radius 3 is 2.59 bits per heavy atom. The van der Waals surface area contributed by atoms with Crippen LogP contribution in [0.15, 0.2) is 17.1 Å². The van der Waals surface area contributed by atoms with Gasteiger partial charge in [-0.2, -0.15) is 0 Å². The SMILES string of the molecule is O=C(O)c1cn(C2CC2)c2c(F)c(N3C[C@@H](O)C[C@H]3CO)c(F)cc2c1=O. The minimum absolute atomic E-state index is 0.0502. The van der Waals surface area contributed by atoms with Crippen molar-refractivity contribution in [3.8, 4) is 0 Å². The molecule has 1 aliphatic heterocycles. The number of anilines is 1. The molecule has 27 heavy (non-hydrogen) atoms. The van der Waals surface area contributed by atoms with Gasteiger partial charge in [0.2, 0.25) is 5.43 Å². The van der Waals surface area contributed by atoms with E-state index in [0.29, 0.717) is 12.8 Å². The van der Waals surface area contributed by atoms with Gasteiger partial charge in [0.15, 0.2) is 5.82 Å². The summed E-state index contributed by atoms with van der Waals surface area (Å²) in [5.74, 6) is -3.47. The number of carbonyl (C=O) groups is 1. The maximum Gasteiger partial charge on any atom is 0.341 e. The second-order valence-corrected chi connectivity index (χ2v) is 7.11. The van der Waals surface area contributed by atoms with Crippen LogP contribution in [0.2, 0.25) is 0 Å². The van der Waals surface area contributed by atoms with Gasteiger partial charge in [-0.3, -0.25) is 4.79 Å². The van der Waals surface area contributed by atoms with E-state index in [1.54, 1.807) is 0 Å². The van der Waals surface area contributed by atoms with Crippen molar-refractivity contribution < 1.29 is 28.9 Å². The number of carboxylic acids is 1. The van der Waals surface area contributed by atoms with Crippen LogP contribution in [0.25, 0.3) is 10.9 Å². The van der Waals surface area contributed by atoms with E-state index < -0.39 is 46.4 Å². The Labute approximate surface area is 152 Å². The van der Waals surface area contributed by atoms with E-state index in [1.165, 1.54) is 9.47 Å². The van der Waals surface area contributed by atoms with Gasteiger partial charge in [-0.1, -0.05) is 0 Å². The maximum atomic E-state index is 15.4.